The highest BCUT2D eigenvalue weighted by molar-refractivity contribution is 5.65. The van der Waals surface area contributed by atoms with Crippen LogP contribution in [0.25, 0.3) is 11.3 Å². The number of ether oxygens (including phenoxy) is 1. The van der Waals surface area contributed by atoms with Crippen LogP contribution in [-0.4, -0.2) is 39.7 Å². The number of rotatable bonds is 11. The van der Waals surface area contributed by atoms with E-state index < -0.39 is 0 Å². The Morgan fingerprint density at radius 1 is 1.11 bits per heavy atom. The van der Waals surface area contributed by atoms with Crippen LogP contribution < -0.4 is 5.32 Å². The number of hydrogen-bond acceptors (Lipinski definition) is 6. The van der Waals surface area contributed by atoms with E-state index in [4.69, 9.17) is 24.6 Å². The van der Waals surface area contributed by atoms with E-state index in [1.54, 1.807) is 18.5 Å². The molecule has 0 spiro atoms. The molecule has 1 aromatic carbocycles. The summed E-state index contributed by atoms with van der Waals surface area (Å²) in [6.07, 6.45) is 7.79. The lowest BCUT2D eigenvalue weighted by atomic mass is 10.1. The zero-order valence-corrected chi connectivity index (χ0v) is 21.1. The third kappa shape index (κ3) is 11.1. The van der Waals surface area contributed by atoms with Gasteiger partial charge >= 0.3 is 0 Å². The third-order valence-electron chi connectivity index (χ3n) is 4.87. The van der Waals surface area contributed by atoms with Gasteiger partial charge in [0, 0.05) is 42.2 Å². The van der Waals surface area contributed by atoms with E-state index in [0.717, 1.165) is 30.7 Å². The summed E-state index contributed by atoms with van der Waals surface area (Å²) in [4.78, 5) is 22.1. The van der Waals surface area contributed by atoms with Gasteiger partial charge in [-0.15, -0.1) is 0 Å². The van der Waals surface area contributed by atoms with Gasteiger partial charge in [0.15, 0.2) is 0 Å². The molecule has 0 fully saturated rings. The lowest BCUT2D eigenvalue weighted by Gasteiger charge is -2.17. The van der Waals surface area contributed by atoms with Gasteiger partial charge in [-0.25, -0.2) is 14.4 Å². The molecule has 0 bridgehead atoms. The van der Waals surface area contributed by atoms with Crippen LogP contribution in [0.15, 0.2) is 54.9 Å². The lowest BCUT2D eigenvalue weighted by molar-refractivity contribution is -0.122. The lowest BCUT2D eigenvalue weighted by Crippen LogP contribution is -2.13. The van der Waals surface area contributed by atoms with Gasteiger partial charge in [0.25, 0.3) is 6.47 Å². The Morgan fingerprint density at radius 3 is 2.51 bits per heavy atom. The van der Waals surface area contributed by atoms with Crippen molar-refractivity contribution in [2.75, 3.05) is 18.5 Å². The van der Waals surface area contributed by atoms with Crippen molar-refractivity contribution >= 4 is 18.0 Å². The Morgan fingerprint density at radius 2 is 1.89 bits per heavy atom. The van der Waals surface area contributed by atoms with Gasteiger partial charge in [-0.2, -0.15) is 0 Å². The molecule has 0 aliphatic heterocycles. The van der Waals surface area contributed by atoms with E-state index in [9.17, 15) is 4.39 Å². The average Bonchev–Trinajstić information content (AvgIpc) is 2.88. The molecular formula is C27H37FN4O3. The van der Waals surface area contributed by atoms with Crippen molar-refractivity contribution in [1.82, 2.24) is 15.0 Å². The molecule has 0 aliphatic carbocycles. The Balaban J connectivity index is 0.00000114. The zero-order chi connectivity index (χ0) is 25.9. The first-order chi connectivity index (χ1) is 17.1. The molecule has 0 saturated heterocycles. The Kier molecular flexibility index (Phi) is 15.2. The number of hydrogen-bond donors (Lipinski definition) is 2. The Hall–Kier alpha value is -3.39. The van der Waals surface area contributed by atoms with E-state index in [1.807, 2.05) is 38.1 Å². The maximum atomic E-state index is 13.6. The predicted molar refractivity (Wildman–Crippen MR) is 138 cm³/mol. The number of nitrogens with zero attached hydrogens (tertiary/aromatic N) is 3. The predicted octanol–water partition coefficient (Wildman–Crippen LogP) is 6.85. The summed E-state index contributed by atoms with van der Waals surface area (Å²) < 4.78 is 19.5. The first kappa shape index (κ1) is 29.6. The molecule has 7 nitrogen and oxygen atoms in total. The van der Waals surface area contributed by atoms with E-state index in [2.05, 4.69) is 24.1 Å². The number of benzene rings is 1. The molecule has 0 saturated carbocycles. The second-order valence-corrected chi connectivity index (χ2v) is 7.37. The van der Waals surface area contributed by atoms with E-state index >= 15 is 0 Å². The van der Waals surface area contributed by atoms with Crippen molar-refractivity contribution < 1.29 is 19.0 Å². The second kappa shape index (κ2) is 18.0. The number of carboxylic acid groups (broad SMARTS) is 1. The van der Waals surface area contributed by atoms with Crippen LogP contribution in [0.3, 0.4) is 0 Å². The van der Waals surface area contributed by atoms with Gasteiger partial charge in [0.1, 0.15) is 17.5 Å². The smallest absolute Gasteiger partial charge is 0.290 e. The van der Waals surface area contributed by atoms with Gasteiger partial charge in [0.2, 0.25) is 0 Å². The minimum absolute atomic E-state index is 0.0799. The number of anilines is 2. The molecule has 0 radical (unpaired) electrons. The molecule has 190 valence electrons. The first-order valence-electron chi connectivity index (χ1n) is 12.1. The number of pyridine rings is 1. The van der Waals surface area contributed by atoms with Crippen molar-refractivity contribution in [1.29, 1.82) is 0 Å². The van der Waals surface area contributed by atoms with Gasteiger partial charge in [0.05, 0.1) is 12.3 Å². The number of aromatic nitrogens is 3. The van der Waals surface area contributed by atoms with Gasteiger partial charge in [-0.05, 0) is 43.2 Å². The molecule has 1 atom stereocenters. The number of unbranched alkanes of at least 4 members (excludes halogenated alkanes) is 2. The summed E-state index contributed by atoms with van der Waals surface area (Å²) in [5.74, 6) is 1.12. The summed E-state index contributed by atoms with van der Waals surface area (Å²) in [7, 11) is 0. The molecule has 2 heterocycles. The van der Waals surface area contributed by atoms with E-state index in [0.29, 0.717) is 23.9 Å². The van der Waals surface area contributed by atoms with E-state index in [-0.39, 0.29) is 18.2 Å². The normalized spacial score (nSPS) is 10.8. The molecular weight excluding hydrogens is 447 g/mol. The summed E-state index contributed by atoms with van der Waals surface area (Å²) in [6.45, 7) is 9.37. The largest absolute Gasteiger partial charge is 0.483 e. The molecule has 3 rings (SSSR count). The minimum Gasteiger partial charge on any atom is -0.483 e. The summed E-state index contributed by atoms with van der Waals surface area (Å²) in [5.41, 5.74) is 2.32. The minimum atomic E-state index is -0.298. The number of carbonyl (C=O) groups is 1. The summed E-state index contributed by atoms with van der Waals surface area (Å²) in [6, 6.07) is 12.0. The van der Waals surface area contributed by atoms with Gasteiger partial charge < -0.3 is 15.2 Å². The average molecular weight is 485 g/mol. The highest BCUT2D eigenvalue weighted by Gasteiger charge is 2.16. The maximum Gasteiger partial charge on any atom is 0.290 e. The van der Waals surface area contributed by atoms with Crippen molar-refractivity contribution in [3.8, 4) is 11.3 Å². The maximum absolute atomic E-state index is 13.6. The molecule has 2 N–H and O–H groups in total. The Bertz CT molecular complexity index is 974. The van der Waals surface area contributed by atoms with Crippen LogP contribution in [0.5, 0.6) is 0 Å². The highest BCUT2D eigenvalue weighted by atomic mass is 19.1. The fourth-order valence-corrected chi connectivity index (χ4v) is 3.14. The molecule has 8 heteroatoms. The summed E-state index contributed by atoms with van der Waals surface area (Å²) >= 11 is 0. The number of halogens is 1. The zero-order valence-electron chi connectivity index (χ0n) is 21.1. The van der Waals surface area contributed by atoms with Crippen LogP contribution >= 0.6 is 0 Å². The van der Waals surface area contributed by atoms with Crippen molar-refractivity contribution in [3.05, 3.63) is 66.5 Å². The SMILES string of the molecule is CC.CCCCCOCC(CC)c1nc(Nc2cccc(F)c2)cc(-c2cccnc2)n1.O=CO. The fraction of sp³-hybridized carbons (Fsp3) is 0.407. The van der Waals surface area contributed by atoms with Crippen LogP contribution in [0, 0.1) is 5.82 Å². The standard InChI is InChI=1S/C24H29FN4O.C2H6.CH2O2/c1-3-5-6-13-30-17-18(4-2)24-28-22(19-9-8-12-26-16-19)15-23(29-24)27-21-11-7-10-20(25)14-21;1-2;2-1-3/h7-12,14-16,18H,3-6,13,17H2,1-2H3,(H,27,28,29);1-2H3;1H,(H,2,3). The molecule has 1 unspecified atom stereocenters. The van der Waals surface area contributed by atoms with Crippen molar-refractivity contribution in [2.45, 2.75) is 59.3 Å². The quantitative estimate of drug-likeness (QED) is 0.227. The van der Waals surface area contributed by atoms with Crippen LogP contribution in [0.1, 0.15) is 65.1 Å². The second-order valence-electron chi connectivity index (χ2n) is 7.37. The van der Waals surface area contributed by atoms with E-state index in [1.165, 1.54) is 25.0 Å². The van der Waals surface area contributed by atoms with Crippen LogP contribution in [0.4, 0.5) is 15.9 Å². The molecule has 2 aromatic heterocycles. The highest BCUT2D eigenvalue weighted by Crippen LogP contribution is 2.26. The van der Waals surface area contributed by atoms with Gasteiger partial charge in [-0.3, -0.25) is 9.78 Å². The fourth-order valence-electron chi connectivity index (χ4n) is 3.14. The first-order valence-corrected chi connectivity index (χ1v) is 12.1. The topological polar surface area (TPSA) is 97.2 Å². The van der Waals surface area contributed by atoms with Gasteiger partial charge in [-0.1, -0.05) is 46.6 Å². The Labute approximate surface area is 207 Å². The van der Waals surface area contributed by atoms with Crippen LogP contribution in [0.2, 0.25) is 0 Å². The third-order valence-corrected chi connectivity index (χ3v) is 4.87. The van der Waals surface area contributed by atoms with Crippen LogP contribution in [-0.2, 0) is 9.53 Å². The molecule has 35 heavy (non-hydrogen) atoms. The number of nitrogens with one attached hydrogen (secondary N) is 1. The molecule has 3 aromatic rings. The summed E-state index contributed by atoms with van der Waals surface area (Å²) in [5, 5.41) is 10.1. The molecule has 0 aliphatic rings. The van der Waals surface area contributed by atoms with Crippen molar-refractivity contribution in [3.63, 3.8) is 0 Å². The van der Waals surface area contributed by atoms with Crippen molar-refractivity contribution in [2.24, 2.45) is 0 Å². The monoisotopic (exact) mass is 484 g/mol. The molecule has 0 amide bonds.